The molecular weight excluding hydrogens is 318 g/mol. The zero-order valence-electron chi connectivity index (χ0n) is 13.7. The van der Waals surface area contributed by atoms with E-state index in [-0.39, 0.29) is 6.79 Å². The van der Waals surface area contributed by atoms with Crippen molar-refractivity contribution in [3.8, 4) is 11.5 Å². The highest BCUT2D eigenvalue weighted by Gasteiger charge is 2.13. The van der Waals surface area contributed by atoms with Crippen molar-refractivity contribution in [2.24, 2.45) is 0 Å². The highest BCUT2D eigenvalue weighted by atomic mass is 16.7. The van der Waals surface area contributed by atoms with E-state index in [4.69, 9.17) is 9.47 Å². The van der Waals surface area contributed by atoms with Gasteiger partial charge in [0.05, 0.1) is 6.20 Å². The third-order valence-corrected chi connectivity index (χ3v) is 3.78. The Bertz CT molecular complexity index is 883. The van der Waals surface area contributed by atoms with Crippen LogP contribution in [-0.2, 0) is 6.54 Å². The quantitative estimate of drug-likeness (QED) is 0.740. The minimum atomic E-state index is 0.251. The number of aromatic nitrogens is 3. The van der Waals surface area contributed by atoms with Gasteiger partial charge in [-0.05, 0) is 24.6 Å². The molecule has 0 bridgehead atoms. The number of benzene rings is 2. The number of nitrogens with one attached hydrogen (secondary N) is 2. The molecule has 2 heterocycles. The summed E-state index contributed by atoms with van der Waals surface area (Å²) in [7, 11) is 0. The van der Waals surface area contributed by atoms with Crippen molar-refractivity contribution in [3.63, 3.8) is 0 Å². The summed E-state index contributed by atoms with van der Waals surface area (Å²) in [6.45, 7) is 2.95. The largest absolute Gasteiger partial charge is 0.454 e. The van der Waals surface area contributed by atoms with Crippen LogP contribution < -0.4 is 20.1 Å². The first-order chi connectivity index (χ1) is 12.3. The zero-order chi connectivity index (χ0) is 17.1. The molecule has 0 aliphatic carbocycles. The van der Waals surface area contributed by atoms with E-state index in [1.54, 1.807) is 6.20 Å². The summed E-state index contributed by atoms with van der Waals surface area (Å²) >= 11 is 0. The van der Waals surface area contributed by atoms with E-state index in [0.717, 1.165) is 17.0 Å². The average molecular weight is 335 g/mol. The van der Waals surface area contributed by atoms with Gasteiger partial charge in [-0.15, -0.1) is 5.10 Å². The number of hydrogen-bond acceptors (Lipinski definition) is 7. The molecule has 7 nitrogen and oxygen atoms in total. The van der Waals surface area contributed by atoms with Gasteiger partial charge >= 0.3 is 0 Å². The molecule has 126 valence electrons. The molecule has 2 N–H and O–H groups in total. The standard InChI is InChI=1S/C18H17N5O2/c1-12-2-4-13(5-3-12)9-19-18-22-17(10-20-23-18)21-14-6-7-15-16(8-14)25-11-24-15/h2-8,10H,9,11H2,1H3,(H2,19,21,22,23). The summed E-state index contributed by atoms with van der Waals surface area (Å²) in [6, 6.07) is 13.9. The predicted molar refractivity (Wildman–Crippen MR) is 94.2 cm³/mol. The molecule has 0 amide bonds. The van der Waals surface area contributed by atoms with Crippen molar-refractivity contribution in [1.29, 1.82) is 0 Å². The van der Waals surface area contributed by atoms with Gasteiger partial charge < -0.3 is 20.1 Å². The van der Waals surface area contributed by atoms with E-state index in [1.165, 1.54) is 5.56 Å². The van der Waals surface area contributed by atoms with Crippen LogP contribution in [0.25, 0.3) is 0 Å². The van der Waals surface area contributed by atoms with Gasteiger partial charge in [-0.1, -0.05) is 29.8 Å². The minimum absolute atomic E-state index is 0.251. The van der Waals surface area contributed by atoms with E-state index in [9.17, 15) is 0 Å². The summed E-state index contributed by atoms with van der Waals surface area (Å²) in [5.41, 5.74) is 3.23. The zero-order valence-corrected chi connectivity index (χ0v) is 13.7. The number of ether oxygens (including phenoxy) is 2. The summed E-state index contributed by atoms with van der Waals surface area (Å²) in [5.74, 6) is 2.52. The summed E-state index contributed by atoms with van der Waals surface area (Å²) in [4.78, 5) is 4.43. The molecule has 0 radical (unpaired) electrons. The van der Waals surface area contributed by atoms with Crippen LogP contribution >= 0.6 is 0 Å². The van der Waals surface area contributed by atoms with Crippen LogP contribution in [0.3, 0.4) is 0 Å². The fourth-order valence-electron chi connectivity index (χ4n) is 2.45. The Morgan fingerprint density at radius 3 is 2.76 bits per heavy atom. The maximum Gasteiger partial charge on any atom is 0.244 e. The number of nitrogens with zero attached hydrogens (tertiary/aromatic N) is 3. The third kappa shape index (κ3) is 3.60. The minimum Gasteiger partial charge on any atom is -0.454 e. The number of anilines is 3. The van der Waals surface area contributed by atoms with Crippen LogP contribution in [0.4, 0.5) is 17.5 Å². The van der Waals surface area contributed by atoms with E-state index in [0.29, 0.717) is 24.1 Å². The molecule has 0 atom stereocenters. The molecule has 1 aliphatic heterocycles. The van der Waals surface area contributed by atoms with Gasteiger partial charge in [-0.25, -0.2) is 0 Å². The molecule has 3 aromatic rings. The van der Waals surface area contributed by atoms with Crippen molar-refractivity contribution < 1.29 is 9.47 Å². The maximum absolute atomic E-state index is 5.37. The lowest BCUT2D eigenvalue weighted by molar-refractivity contribution is 0.174. The second kappa shape index (κ2) is 6.64. The van der Waals surface area contributed by atoms with Crippen molar-refractivity contribution >= 4 is 17.5 Å². The smallest absolute Gasteiger partial charge is 0.244 e. The van der Waals surface area contributed by atoms with E-state index < -0.39 is 0 Å². The first kappa shape index (κ1) is 15.2. The monoisotopic (exact) mass is 335 g/mol. The van der Waals surface area contributed by atoms with Gasteiger partial charge in [0.25, 0.3) is 0 Å². The van der Waals surface area contributed by atoms with Gasteiger partial charge in [0, 0.05) is 18.3 Å². The normalized spacial score (nSPS) is 12.0. The van der Waals surface area contributed by atoms with Crippen LogP contribution in [0.15, 0.2) is 48.7 Å². The Kier molecular flexibility index (Phi) is 4.04. The Balaban J connectivity index is 1.43. The van der Waals surface area contributed by atoms with Gasteiger partial charge in [-0.3, -0.25) is 0 Å². The lowest BCUT2D eigenvalue weighted by Gasteiger charge is -2.08. The fourth-order valence-corrected chi connectivity index (χ4v) is 2.45. The lowest BCUT2D eigenvalue weighted by atomic mass is 10.1. The van der Waals surface area contributed by atoms with Gasteiger partial charge in [0.2, 0.25) is 12.7 Å². The van der Waals surface area contributed by atoms with Crippen LogP contribution in [-0.4, -0.2) is 22.0 Å². The number of aryl methyl sites for hydroxylation is 1. The lowest BCUT2D eigenvalue weighted by Crippen LogP contribution is -2.06. The molecule has 0 saturated carbocycles. The Labute approximate surface area is 145 Å². The number of hydrogen-bond donors (Lipinski definition) is 2. The number of rotatable bonds is 5. The van der Waals surface area contributed by atoms with E-state index in [1.807, 2.05) is 18.2 Å². The predicted octanol–water partition coefficient (Wildman–Crippen LogP) is 3.26. The fraction of sp³-hybridized carbons (Fsp3) is 0.167. The van der Waals surface area contributed by atoms with Crippen LogP contribution in [0.2, 0.25) is 0 Å². The molecule has 4 rings (SSSR count). The molecule has 0 unspecified atom stereocenters. The van der Waals surface area contributed by atoms with Gasteiger partial charge in [0.15, 0.2) is 17.3 Å². The Hall–Kier alpha value is -3.35. The molecule has 7 heteroatoms. The highest BCUT2D eigenvalue weighted by Crippen LogP contribution is 2.34. The van der Waals surface area contributed by atoms with Crippen molar-refractivity contribution in [2.45, 2.75) is 13.5 Å². The first-order valence-electron chi connectivity index (χ1n) is 7.92. The first-order valence-corrected chi connectivity index (χ1v) is 7.92. The molecular formula is C18H17N5O2. The Morgan fingerprint density at radius 1 is 1.04 bits per heavy atom. The maximum atomic E-state index is 5.37. The van der Waals surface area contributed by atoms with Crippen LogP contribution in [0.5, 0.6) is 11.5 Å². The van der Waals surface area contributed by atoms with E-state index in [2.05, 4.69) is 57.0 Å². The molecule has 0 saturated heterocycles. The van der Waals surface area contributed by atoms with Gasteiger partial charge in [0.1, 0.15) is 0 Å². The highest BCUT2D eigenvalue weighted by molar-refractivity contribution is 5.61. The van der Waals surface area contributed by atoms with Crippen molar-refractivity contribution in [3.05, 3.63) is 59.8 Å². The molecule has 1 aliphatic rings. The molecule has 1 aromatic heterocycles. The molecule has 0 fully saturated rings. The van der Waals surface area contributed by atoms with Crippen molar-refractivity contribution in [1.82, 2.24) is 15.2 Å². The van der Waals surface area contributed by atoms with Gasteiger partial charge in [-0.2, -0.15) is 10.1 Å². The third-order valence-electron chi connectivity index (χ3n) is 3.78. The second-order valence-corrected chi connectivity index (χ2v) is 5.70. The SMILES string of the molecule is Cc1ccc(CNc2nncc(Nc3ccc4c(c3)OCO4)n2)cc1. The summed E-state index contributed by atoms with van der Waals surface area (Å²) < 4.78 is 10.7. The summed E-state index contributed by atoms with van der Waals surface area (Å²) in [6.07, 6.45) is 1.57. The topological polar surface area (TPSA) is 81.2 Å². The van der Waals surface area contributed by atoms with Crippen molar-refractivity contribution in [2.75, 3.05) is 17.4 Å². The molecule has 0 spiro atoms. The van der Waals surface area contributed by atoms with Crippen LogP contribution in [0, 0.1) is 6.92 Å². The Morgan fingerprint density at radius 2 is 1.88 bits per heavy atom. The van der Waals surface area contributed by atoms with Crippen LogP contribution in [0.1, 0.15) is 11.1 Å². The molecule has 25 heavy (non-hydrogen) atoms. The average Bonchev–Trinajstić information content (AvgIpc) is 3.09. The van der Waals surface area contributed by atoms with E-state index >= 15 is 0 Å². The molecule has 2 aromatic carbocycles. The number of fused-ring (bicyclic) bond motifs is 1. The second-order valence-electron chi connectivity index (χ2n) is 5.70. The summed E-state index contributed by atoms with van der Waals surface area (Å²) in [5, 5.41) is 14.4.